The Morgan fingerprint density at radius 2 is 1.88 bits per heavy atom. The van der Waals surface area contributed by atoms with E-state index in [4.69, 9.17) is 11.6 Å². The van der Waals surface area contributed by atoms with Crippen molar-refractivity contribution in [1.82, 2.24) is 19.7 Å². The summed E-state index contributed by atoms with van der Waals surface area (Å²) in [4.78, 5) is 21.3. The van der Waals surface area contributed by atoms with E-state index in [9.17, 15) is 4.79 Å². The van der Waals surface area contributed by atoms with E-state index in [1.54, 1.807) is 12.3 Å². The summed E-state index contributed by atoms with van der Waals surface area (Å²) in [5.74, 6) is 0.823. The van der Waals surface area contributed by atoms with Gasteiger partial charge >= 0.3 is 0 Å². The van der Waals surface area contributed by atoms with E-state index in [1.807, 2.05) is 28.0 Å². The van der Waals surface area contributed by atoms with Crippen molar-refractivity contribution in [1.29, 1.82) is 0 Å². The van der Waals surface area contributed by atoms with Gasteiger partial charge in [0.2, 0.25) is 0 Å². The van der Waals surface area contributed by atoms with Crippen molar-refractivity contribution in [2.45, 2.75) is 38.1 Å². The first-order valence-corrected chi connectivity index (χ1v) is 9.79. The first-order chi connectivity index (χ1) is 12.7. The SMILES string of the molecule is O=C(c1cnc(N2CCC(n3cccn3)CC2)c(Cl)c1)N1CCCCC1. The van der Waals surface area contributed by atoms with Crippen molar-refractivity contribution in [2.75, 3.05) is 31.1 Å². The van der Waals surface area contributed by atoms with E-state index in [2.05, 4.69) is 15.0 Å². The van der Waals surface area contributed by atoms with Crippen molar-refractivity contribution >= 4 is 23.3 Å². The summed E-state index contributed by atoms with van der Waals surface area (Å²) in [6.07, 6.45) is 10.9. The molecular formula is C19H24ClN5O. The molecule has 26 heavy (non-hydrogen) atoms. The van der Waals surface area contributed by atoms with Gasteiger partial charge in [-0.2, -0.15) is 5.10 Å². The van der Waals surface area contributed by atoms with Gasteiger partial charge in [0.1, 0.15) is 5.82 Å². The van der Waals surface area contributed by atoms with Gasteiger partial charge in [-0.25, -0.2) is 4.98 Å². The zero-order chi connectivity index (χ0) is 17.9. The van der Waals surface area contributed by atoms with Gasteiger partial charge < -0.3 is 9.80 Å². The number of hydrogen-bond acceptors (Lipinski definition) is 4. The van der Waals surface area contributed by atoms with Crippen LogP contribution < -0.4 is 4.90 Å². The number of hydrogen-bond donors (Lipinski definition) is 0. The molecule has 2 aliphatic heterocycles. The smallest absolute Gasteiger partial charge is 0.255 e. The second-order valence-electron chi connectivity index (χ2n) is 7.09. The van der Waals surface area contributed by atoms with Gasteiger partial charge in [0, 0.05) is 44.8 Å². The Hall–Kier alpha value is -2.08. The fourth-order valence-electron chi connectivity index (χ4n) is 3.90. The highest BCUT2D eigenvalue weighted by atomic mass is 35.5. The molecule has 2 aliphatic rings. The third-order valence-corrected chi connectivity index (χ3v) is 5.65. The second kappa shape index (κ2) is 7.66. The van der Waals surface area contributed by atoms with Gasteiger partial charge in [-0.15, -0.1) is 0 Å². The molecule has 0 atom stereocenters. The molecule has 2 saturated heterocycles. The lowest BCUT2D eigenvalue weighted by Gasteiger charge is -2.33. The van der Waals surface area contributed by atoms with Crippen LogP contribution in [0.1, 0.15) is 48.5 Å². The molecule has 0 spiro atoms. The summed E-state index contributed by atoms with van der Waals surface area (Å²) in [6, 6.07) is 4.17. The zero-order valence-corrected chi connectivity index (χ0v) is 15.6. The summed E-state index contributed by atoms with van der Waals surface area (Å²) in [5.41, 5.74) is 0.590. The number of piperidine rings is 2. The molecule has 7 heteroatoms. The monoisotopic (exact) mass is 373 g/mol. The maximum atomic E-state index is 12.6. The van der Waals surface area contributed by atoms with Crippen LogP contribution in [0.3, 0.4) is 0 Å². The average molecular weight is 374 g/mol. The third kappa shape index (κ3) is 3.56. The molecule has 138 valence electrons. The molecule has 2 aromatic rings. The topological polar surface area (TPSA) is 54.3 Å². The molecule has 0 aliphatic carbocycles. The van der Waals surface area contributed by atoms with Crippen LogP contribution in [0.15, 0.2) is 30.7 Å². The zero-order valence-electron chi connectivity index (χ0n) is 14.9. The van der Waals surface area contributed by atoms with Gasteiger partial charge in [-0.1, -0.05) is 11.6 Å². The predicted molar refractivity (Wildman–Crippen MR) is 102 cm³/mol. The lowest BCUT2D eigenvalue weighted by Crippen LogP contribution is -2.36. The Morgan fingerprint density at radius 1 is 1.12 bits per heavy atom. The predicted octanol–water partition coefficient (Wildman–Crippen LogP) is 3.40. The quantitative estimate of drug-likeness (QED) is 0.827. The highest BCUT2D eigenvalue weighted by Crippen LogP contribution is 2.30. The van der Waals surface area contributed by atoms with Crippen LogP contribution in [0.4, 0.5) is 5.82 Å². The first kappa shape index (κ1) is 17.3. The van der Waals surface area contributed by atoms with Crippen LogP contribution in [0.5, 0.6) is 0 Å². The van der Waals surface area contributed by atoms with Gasteiger partial charge in [0.25, 0.3) is 5.91 Å². The molecule has 0 saturated carbocycles. The number of halogens is 1. The highest BCUT2D eigenvalue weighted by molar-refractivity contribution is 6.33. The number of likely N-dealkylation sites (tertiary alicyclic amines) is 1. The van der Waals surface area contributed by atoms with Crippen LogP contribution >= 0.6 is 11.6 Å². The van der Waals surface area contributed by atoms with Gasteiger partial charge in [-0.05, 0) is 44.2 Å². The Kier molecular flexibility index (Phi) is 5.11. The summed E-state index contributed by atoms with van der Waals surface area (Å²) in [7, 11) is 0. The molecule has 0 aromatic carbocycles. The van der Waals surface area contributed by atoms with Gasteiger partial charge in [0.15, 0.2) is 0 Å². The van der Waals surface area contributed by atoms with Crippen LogP contribution in [-0.4, -0.2) is 51.8 Å². The number of carbonyl (C=O) groups excluding carboxylic acids is 1. The molecular weight excluding hydrogens is 350 g/mol. The van der Waals surface area contributed by atoms with Crippen molar-refractivity contribution in [3.63, 3.8) is 0 Å². The number of carbonyl (C=O) groups is 1. The number of pyridine rings is 1. The van der Waals surface area contributed by atoms with Crippen molar-refractivity contribution < 1.29 is 4.79 Å². The van der Waals surface area contributed by atoms with E-state index >= 15 is 0 Å². The normalized spacial score (nSPS) is 19.0. The Labute approximate surface area is 158 Å². The maximum Gasteiger partial charge on any atom is 0.255 e. The first-order valence-electron chi connectivity index (χ1n) is 9.41. The minimum atomic E-state index is 0.0445. The number of nitrogens with zero attached hydrogens (tertiary/aromatic N) is 5. The molecule has 0 radical (unpaired) electrons. The fraction of sp³-hybridized carbons (Fsp3) is 0.526. The number of anilines is 1. The lowest BCUT2D eigenvalue weighted by molar-refractivity contribution is 0.0724. The van der Waals surface area contributed by atoms with E-state index < -0.39 is 0 Å². The van der Waals surface area contributed by atoms with Crippen molar-refractivity contribution in [2.24, 2.45) is 0 Å². The maximum absolute atomic E-state index is 12.6. The van der Waals surface area contributed by atoms with Crippen molar-refractivity contribution in [3.8, 4) is 0 Å². The Balaban J connectivity index is 1.42. The van der Waals surface area contributed by atoms with Gasteiger partial charge in [-0.3, -0.25) is 9.48 Å². The average Bonchev–Trinajstić information content (AvgIpc) is 3.23. The fourth-order valence-corrected chi connectivity index (χ4v) is 4.18. The lowest BCUT2D eigenvalue weighted by atomic mass is 10.1. The molecule has 1 amide bonds. The molecule has 0 bridgehead atoms. The molecule has 2 aromatic heterocycles. The molecule has 0 N–H and O–H groups in total. The molecule has 2 fully saturated rings. The van der Waals surface area contributed by atoms with E-state index in [-0.39, 0.29) is 5.91 Å². The second-order valence-corrected chi connectivity index (χ2v) is 7.49. The summed E-state index contributed by atoms with van der Waals surface area (Å²) >= 11 is 6.49. The number of amides is 1. The van der Waals surface area contributed by atoms with Crippen LogP contribution in [0.25, 0.3) is 0 Å². The van der Waals surface area contributed by atoms with E-state index in [0.29, 0.717) is 16.6 Å². The number of aromatic nitrogens is 3. The molecule has 0 unspecified atom stereocenters. The van der Waals surface area contributed by atoms with Crippen LogP contribution in [0, 0.1) is 0 Å². The van der Waals surface area contributed by atoms with Crippen LogP contribution in [0.2, 0.25) is 5.02 Å². The standard InChI is InChI=1S/C19H24ClN5O/c20-17-13-15(19(26)24-8-2-1-3-9-24)14-21-18(17)23-11-5-16(6-12-23)25-10-4-7-22-25/h4,7,10,13-14,16H,1-3,5-6,8-9,11-12H2. The number of rotatable bonds is 3. The van der Waals surface area contributed by atoms with E-state index in [0.717, 1.165) is 57.7 Å². The summed E-state index contributed by atoms with van der Waals surface area (Å²) < 4.78 is 2.03. The summed E-state index contributed by atoms with van der Waals surface area (Å²) in [6.45, 7) is 3.44. The Bertz CT molecular complexity index is 749. The highest BCUT2D eigenvalue weighted by Gasteiger charge is 2.24. The minimum Gasteiger partial charge on any atom is -0.355 e. The molecule has 6 nitrogen and oxygen atoms in total. The van der Waals surface area contributed by atoms with Crippen LogP contribution in [-0.2, 0) is 0 Å². The van der Waals surface area contributed by atoms with E-state index in [1.165, 1.54) is 6.42 Å². The van der Waals surface area contributed by atoms with Gasteiger partial charge in [0.05, 0.1) is 16.6 Å². The third-order valence-electron chi connectivity index (χ3n) is 5.37. The van der Waals surface area contributed by atoms with Crippen molar-refractivity contribution in [3.05, 3.63) is 41.3 Å². The minimum absolute atomic E-state index is 0.0445. The molecule has 4 heterocycles. The largest absolute Gasteiger partial charge is 0.355 e. The summed E-state index contributed by atoms with van der Waals surface area (Å²) in [5, 5.41) is 4.91. The molecule has 4 rings (SSSR count). The Morgan fingerprint density at radius 3 is 2.54 bits per heavy atom.